The van der Waals surface area contributed by atoms with Crippen molar-refractivity contribution in [2.75, 3.05) is 11.1 Å². The van der Waals surface area contributed by atoms with Crippen LogP contribution in [-0.2, 0) is 0 Å². The number of fused-ring (bicyclic) bond motifs is 1. The van der Waals surface area contributed by atoms with E-state index >= 15 is 0 Å². The predicted octanol–water partition coefficient (Wildman–Crippen LogP) is 6.67. The maximum atomic E-state index is 13.1. The molecule has 0 aliphatic rings. The summed E-state index contributed by atoms with van der Waals surface area (Å²) in [5.74, 6) is 0.430. The van der Waals surface area contributed by atoms with Crippen molar-refractivity contribution in [2.24, 2.45) is 0 Å². The molecule has 0 spiro atoms. The van der Waals surface area contributed by atoms with Crippen LogP contribution in [0.15, 0.2) is 77.4 Å². The average Bonchev–Trinajstić information content (AvgIpc) is 3.42. The number of carbonyl (C=O) groups is 1. The van der Waals surface area contributed by atoms with E-state index in [1.807, 2.05) is 68.4 Å². The molecule has 5 aromatic rings. The molecule has 0 unspecified atom stereocenters. The number of amides is 1. The summed E-state index contributed by atoms with van der Waals surface area (Å²) in [6.07, 6.45) is 1.63. The summed E-state index contributed by atoms with van der Waals surface area (Å²) in [4.78, 5) is 19.1. The van der Waals surface area contributed by atoms with Gasteiger partial charge in [-0.2, -0.15) is 0 Å². The van der Waals surface area contributed by atoms with E-state index in [0.717, 1.165) is 33.5 Å². The fourth-order valence-electron chi connectivity index (χ4n) is 3.70. The topological polar surface area (TPSA) is 81.1 Å². The van der Waals surface area contributed by atoms with Crippen LogP contribution in [0.2, 0.25) is 0 Å². The number of nitrogens with two attached hydrogens (primary N) is 1. The number of furan rings is 1. The third-order valence-corrected chi connectivity index (χ3v) is 6.41. The number of pyridine rings is 1. The predicted molar refractivity (Wildman–Crippen MR) is 131 cm³/mol. The van der Waals surface area contributed by atoms with Crippen molar-refractivity contribution in [3.05, 3.63) is 89.0 Å². The van der Waals surface area contributed by atoms with Gasteiger partial charge in [0.25, 0.3) is 5.91 Å². The zero-order valence-electron chi connectivity index (χ0n) is 17.7. The lowest BCUT2D eigenvalue weighted by atomic mass is 10.0. The lowest BCUT2D eigenvalue weighted by Crippen LogP contribution is -2.12. The molecule has 3 N–H and O–H groups in total. The van der Waals surface area contributed by atoms with Gasteiger partial charge in [0.15, 0.2) is 0 Å². The summed E-state index contributed by atoms with van der Waals surface area (Å²) in [6, 6.07) is 21.5. The number of nitrogens with one attached hydrogen (secondary N) is 1. The van der Waals surface area contributed by atoms with Crippen molar-refractivity contribution in [1.29, 1.82) is 0 Å². The van der Waals surface area contributed by atoms with Crippen molar-refractivity contribution in [3.8, 4) is 22.6 Å². The zero-order chi connectivity index (χ0) is 22.2. The Labute approximate surface area is 189 Å². The number of nitrogen functional groups attached to an aromatic ring is 1. The smallest absolute Gasteiger partial charge is 0.267 e. The van der Waals surface area contributed by atoms with Crippen molar-refractivity contribution in [2.45, 2.75) is 13.8 Å². The van der Waals surface area contributed by atoms with Gasteiger partial charge in [0.1, 0.15) is 15.5 Å². The molecule has 1 amide bonds. The third kappa shape index (κ3) is 3.65. The molecule has 5 nitrogen and oxygen atoms in total. The standard InChI is InChI=1S/C26H21N3O2S/c1-15-8-10-17(11-9-15)20-14-19(21-7-4-12-31-21)22-23(27)24(32-26(22)29-20)25(30)28-18-6-3-5-16(2)13-18/h3-14H,27H2,1-2H3,(H,28,30). The van der Waals surface area contributed by atoms with E-state index < -0.39 is 0 Å². The van der Waals surface area contributed by atoms with Gasteiger partial charge in [0, 0.05) is 22.2 Å². The molecule has 0 atom stereocenters. The Hall–Kier alpha value is -3.90. The quantitative estimate of drug-likeness (QED) is 0.327. The highest BCUT2D eigenvalue weighted by Gasteiger charge is 2.22. The Morgan fingerprint density at radius 1 is 1.00 bits per heavy atom. The summed E-state index contributed by atoms with van der Waals surface area (Å²) in [5, 5.41) is 3.68. The molecular weight excluding hydrogens is 418 g/mol. The molecular formula is C26H21N3O2S. The fourth-order valence-corrected chi connectivity index (χ4v) is 4.71. The molecule has 0 saturated carbocycles. The number of hydrogen-bond acceptors (Lipinski definition) is 5. The van der Waals surface area contributed by atoms with Crippen molar-refractivity contribution < 1.29 is 9.21 Å². The Morgan fingerprint density at radius 3 is 2.53 bits per heavy atom. The molecule has 0 aliphatic heterocycles. The number of nitrogens with zero attached hydrogens (tertiary/aromatic N) is 1. The van der Waals surface area contributed by atoms with Gasteiger partial charge in [-0.25, -0.2) is 4.98 Å². The average molecular weight is 440 g/mol. The van der Waals surface area contributed by atoms with Crippen LogP contribution in [0.5, 0.6) is 0 Å². The SMILES string of the molecule is Cc1ccc(-c2cc(-c3ccco3)c3c(N)c(C(=O)Nc4cccc(C)c4)sc3n2)cc1. The molecule has 158 valence electrons. The summed E-state index contributed by atoms with van der Waals surface area (Å²) < 4.78 is 5.69. The van der Waals surface area contributed by atoms with E-state index in [2.05, 4.69) is 17.4 Å². The number of benzene rings is 2. The van der Waals surface area contributed by atoms with Crippen LogP contribution in [0.4, 0.5) is 11.4 Å². The second-order valence-electron chi connectivity index (χ2n) is 7.75. The second-order valence-corrected chi connectivity index (χ2v) is 8.75. The van der Waals surface area contributed by atoms with E-state index in [-0.39, 0.29) is 5.91 Å². The van der Waals surface area contributed by atoms with Crippen LogP contribution in [0.25, 0.3) is 32.8 Å². The molecule has 0 aliphatic carbocycles. The molecule has 2 aromatic carbocycles. The first-order valence-electron chi connectivity index (χ1n) is 10.2. The van der Waals surface area contributed by atoms with E-state index in [0.29, 0.717) is 21.2 Å². The van der Waals surface area contributed by atoms with Gasteiger partial charge in [0.2, 0.25) is 0 Å². The number of carbonyl (C=O) groups excluding carboxylic acids is 1. The van der Waals surface area contributed by atoms with E-state index in [1.165, 1.54) is 16.9 Å². The van der Waals surface area contributed by atoms with Gasteiger partial charge in [0.05, 0.1) is 17.6 Å². The minimum atomic E-state index is -0.251. The van der Waals surface area contributed by atoms with Crippen molar-refractivity contribution >= 4 is 38.8 Å². The number of rotatable bonds is 4. The van der Waals surface area contributed by atoms with Gasteiger partial charge in [-0.1, -0.05) is 42.0 Å². The maximum Gasteiger partial charge on any atom is 0.267 e. The van der Waals surface area contributed by atoms with Gasteiger partial charge in [-0.15, -0.1) is 11.3 Å². The van der Waals surface area contributed by atoms with Crippen LogP contribution in [0, 0.1) is 13.8 Å². The highest BCUT2D eigenvalue weighted by Crippen LogP contribution is 2.41. The third-order valence-electron chi connectivity index (χ3n) is 5.32. The molecule has 0 saturated heterocycles. The van der Waals surface area contributed by atoms with Gasteiger partial charge < -0.3 is 15.5 Å². The number of hydrogen-bond donors (Lipinski definition) is 2. The van der Waals surface area contributed by atoms with Crippen LogP contribution in [0.3, 0.4) is 0 Å². The van der Waals surface area contributed by atoms with E-state index in [4.69, 9.17) is 15.1 Å². The zero-order valence-corrected chi connectivity index (χ0v) is 18.5. The molecule has 3 aromatic heterocycles. The van der Waals surface area contributed by atoms with Gasteiger partial charge in [-0.3, -0.25) is 4.79 Å². The van der Waals surface area contributed by atoms with Crippen LogP contribution < -0.4 is 11.1 Å². The number of anilines is 2. The fraction of sp³-hybridized carbons (Fsp3) is 0.0769. The highest BCUT2D eigenvalue weighted by molar-refractivity contribution is 7.21. The normalized spacial score (nSPS) is 11.1. The lowest BCUT2D eigenvalue weighted by Gasteiger charge is -2.07. The molecule has 0 fully saturated rings. The molecule has 0 bridgehead atoms. The minimum absolute atomic E-state index is 0.251. The molecule has 3 heterocycles. The largest absolute Gasteiger partial charge is 0.464 e. The Bertz CT molecular complexity index is 1430. The summed E-state index contributed by atoms with van der Waals surface area (Å²) in [5.41, 5.74) is 12.5. The summed E-state index contributed by atoms with van der Waals surface area (Å²) in [7, 11) is 0. The van der Waals surface area contributed by atoms with Crippen molar-refractivity contribution in [1.82, 2.24) is 4.98 Å². The number of thiophene rings is 1. The highest BCUT2D eigenvalue weighted by atomic mass is 32.1. The maximum absolute atomic E-state index is 13.1. The van der Waals surface area contributed by atoms with Crippen LogP contribution in [-0.4, -0.2) is 10.9 Å². The Morgan fingerprint density at radius 2 is 1.81 bits per heavy atom. The second kappa shape index (κ2) is 7.98. The first-order chi connectivity index (χ1) is 15.5. The Kier molecular flexibility index (Phi) is 4.99. The molecule has 5 rings (SSSR count). The summed E-state index contributed by atoms with van der Waals surface area (Å²) in [6.45, 7) is 4.03. The minimum Gasteiger partial charge on any atom is -0.464 e. The molecule has 6 heteroatoms. The number of aryl methyl sites for hydroxylation is 2. The van der Waals surface area contributed by atoms with Gasteiger partial charge in [-0.05, 0) is 49.7 Å². The Balaban J connectivity index is 1.65. The monoisotopic (exact) mass is 439 g/mol. The van der Waals surface area contributed by atoms with Crippen LogP contribution >= 0.6 is 11.3 Å². The molecule has 0 radical (unpaired) electrons. The first kappa shape index (κ1) is 20.0. The van der Waals surface area contributed by atoms with Gasteiger partial charge >= 0.3 is 0 Å². The molecule has 32 heavy (non-hydrogen) atoms. The first-order valence-corrected chi connectivity index (χ1v) is 11.0. The summed E-state index contributed by atoms with van der Waals surface area (Å²) >= 11 is 1.29. The lowest BCUT2D eigenvalue weighted by molar-refractivity contribution is 0.103. The van der Waals surface area contributed by atoms with E-state index in [1.54, 1.807) is 6.26 Å². The number of aromatic nitrogens is 1. The van der Waals surface area contributed by atoms with Crippen molar-refractivity contribution in [3.63, 3.8) is 0 Å². The van der Waals surface area contributed by atoms with Crippen LogP contribution in [0.1, 0.15) is 20.8 Å². The van der Waals surface area contributed by atoms with E-state index in [9.17, 15) is 4.79 Å².